The normalized spacial score (nSPS) is 11.4. The van der Waals surface area contributed by atoms with Gasteiger partial charge in [0.15, 0.2) is 0 Å². The lowest BCUT2D eigenvalue weighted by atomic mass is 10.1. The molecule has 0 aliphatic heterocycles. The number of nitrogens with zero attached hydrogens (tertiary/aromatic N) is 3. The molecule has 0 saturated carbocycles. The third-order valence-electron chi connectivity index (χ3n) is 4.99. The molecule has 0 bridgehead atoms. The maximum Gasteiger partial charge on any atom is 0.269 e. The molecule has 4 rings (SSSR count). The quantitative estimate of drug-likeness (QED) is 0.233. The van der Waals surface area contributed by atoms with Crippen LogP contribution in [0.1, 0.15) is 5.69 Å². The Labute approximate surface area is 198 Å². The van der Waals surface area contributed by atoms with Crippen LogP contribution in [-0.4, -0.2) is 25.4 Å². The first-order valence-corrected chi connectivity index (χ1v) is 11.9. The van der Waals surface area contributed by atoms with Crippen LogP contribution in [0.15, 0.2) is 82.2 Å². The van der Waals surface area contributed by atoms with Crippen LogP contribution >= 0.6 is 15.9 Å². The zero-order chi connectivity index (χ0) is 23.8. The molecule has 1 aromatic heterocycles. The molecule has 8 nitrogen and oxygen atoms in total. The van der Waals surface area contributed by atoms with Crippen LogP contribution in [0.3, 0.4) is 0 Å². The molecule has 4 aromatic rings. The Balaban J connectivity index is 2.01. The SMILES string of the molecule is COc1ccc2nc(C)cc(N(c3ccc(Br)cc3)S(=O)(=O)c3ccc([N+](=O)[O-])cc3)c2c1. The van der Waals surface area contributed by atoms with Crippen molar-refractivity contribution in [3.63, 3.8) is 0 Å². The topological polar surface area (TPSA) is 103 Å². The zero-order valence-electron chi connectivity index (χ0n) is 17.6. The molecule has 0 atom stereocenters. The molecule has 33 heavy (non-hydrogen) atoms. The molecule has 0 aliphatic carbocycles. The van der Waals surface area contributed by atoms with E-state index in [-0.39, 0.29) is 10.6 Å². The van der Waals surface area contributed by atoms with E-state index in [1.807, 2.05) is 0 Å². The number of aryl methyl sites for hydroxylation is 1. The Kier molecular flexibility index (Phi) is 6.05. The van der Waals surface area contributed by atoms with Crippen molar-refractivity contribution in [1.29, 1.82) is 0 Å². The summed E-state index contributed by atoms with van der Waals surface area (Å²) in [7, 11) is -2.63. The number of nitro groups is 1. The monoisotopic (exact) mass is 527 g/mol. The number of fused-ring (bicyclic) bond motifs is 1. The molecule has 0 aliphatic rings. The largest absolute Gasteiger partial charge is 0.497 e. The van der Waals surface area contributed by atoms with E-state index in [1.54, 1.807) is 55.5 Å². The minimum absolute atomic E-state index is 0.0819. The standard InChI is InChI=1S/C23H18BrN3O5S/c1-15-13-23(21-14-19(32-2)9-12-22(21)25-15)26(17-5-3-16(24)4-6-17)33(30,31)20-10-7-18(8-11-20)27(28)29/h3-14H,1-2H3. The second-order valence-electron chi connectivity index (χ2n) is 7.16. The summed E-state index contributed by atoms with van der Waals surface area (Å²) in [5.41, 5.74) is 1.82. The molecule has 168 valence electrons. The molecule has 0 N–H and O–H groups in total. The number of nitro benzene ring substituents is 1. The van der Waals surface area contributed by atoms with Crippen LogP contribution < -0.4 is 9.04 Å². The average Bonchev–Trinajstić information content (AvgIpc) is 2.80. The molecule has 3 aromatic carbocycles. The number of rotatable bonds is 6. The third kappa shape index (κ3) is 4.39. The van der Waals surface area contributed by atoms with Gasteiger partial charge in [-0.2, -0.15) is 0 Å². The van der Waals surface area contributed by atoms with E-state index < -0.39 is 14.9 Å². The highest BCUT2D eigenvalue weighted by molar-refractivity contribution is 9.10. The lowest BCUT2D eigenvalue weighted by Gasteiger charge is -2.26. The van der Waals surface area contributed by atoms with Gasteiger partial charge in [-0.15, -0.1) is 0 Å². The van der Waals surface area contributed by atoms with Gasteiger partial charge in [-0.3, -0.25) is 15.1 Å². The van der Waals surface area contributed by atoms with Gasteiger partial charge in [0.2, 0.25) is 0 Å². The Morgan fingerprint density at radius 3 is 2.27 bits per heavy atom. The van der Waals surface area contributed by atoms with Crippen LogP contribution in [0.25, 0.3) is 10.9 Å². The Bertz CT molecular complexity index is 1460. The highest BCUT2D eigenvalue weighted by Crippen LogP contribution is 2.39. The van der Waals surface area contributed by atoms with Crippen molar-refractivity contribution in [3.8, 4) is 5.75 Å². The van der Waals surface area contributed by atoms with E-state index in [4.69, 9.17) is 4.74 Å². The predicted octanol–water partition coefficient (Wildman–Crippen LogP) is 5.75. The van der Waals surface area contributed by atoms with Gasteiger partial charge in [0, 0.05) is 27.7 Å². The van der Waals surface area contributed by atoms with E-state index in [2.05, 4.69) is 20.9 Å². The number of non-ortho nitro benzene ring substituents is 1. The van der Waals surface area contributed by atoms with E-state index in [1.165, 1.54) is 35.7 Å². The number of benzene rings is 3. The molecule has 0 spiro atoms. The molecular weight excluding hydrogens is 510 g/mol. The van der Waals surface area contributed by atoms with Gasteiger partial charge >= 0.3 is 0 Å². The van der Waals surface area contributed by atoms with Gasteiger partial charge in [0.25, 0.3) is 15.7 Å². The fourth-order valence-corrected chi connectivity index (χ4v) is 5.20. The van der Waals surface area contributed by atoms with Crippen molar-refractivity contribution >= 4 is 53.9 Å². The Morgan fingerprint density at radius 1 is 1.00 bits per heavy atom. The first-order valence-electron chi connectivity index (χ1n) is 9.71. The van der Waals surface area contributed by atoms with Gasteiger partial charge in [-0.1, -0.05) is 15.9 Å². The maximum atomic E-state index is 13.9. The summed E-state index contributed by atoms with van der Waals surface area (Å²) in [6, 6.07) is 18.6. The average molecular weight is 528 g/mol. The number of pyridine rings is 1. The van der Waals surface area contributed by atoms with E-state index >= 15 is 0 Å². The van der Waals surface area contributed by atoms with Crippen LogP contribution in [0, 0.1) is 17.0 Å². The van der Waals surface area contributed by atoms with Crippen molar-refractivity contribution < 1.29 is 18.1 Å². The van der Waals surface area contributed by atoms with Crippen LogP contribution in [0.2, 0.25) is 0 Å². The summed E-state index contributed by atoms with van der Waals surface area (Å²) in [4.78, 5) is 14.9. The smallest absolute Gasteiger partial charge is 0.269 e. The first kappa shape index (κ1) is 22.7. The van der Waals surface area contributed by atoms with Crippen molar-refractivity contribution in [2.45, 2.75) is 11.8 Å². The summed E-state index contributed by atoms with van der Waals surface area (Å²) in [5.74, 6) is 0.554. The number of methoxy groups -OCH3 is 1. The molecule has 0 fully saturated rings. The highest BCUT2D eigenvalue weighted by Gasteiger charge is 2.29. The van der Waals surface area contributed by atoms with E-state index in [0.29, 0.717) is 33.7 Å². The molecule has 1 heterocycles. The van der Waals surface area contributed by atoms with Gasteiger partial charge in [0.05, 0.1) is 33.8 Å². The number of hydrogen-bond acceptors (Lipinski definition) is 6. The summed E-state index contributed by atoms with van der Waals surface area (Å²) in [6.07, 6.45) is 0. The van der Waals surface area contributed by atoms with Gasteiger partial charge < -0.3 is 4.74 Å². The van der Waals surface area contributed by atoms with Crippen molar-refractivity contribution in [1.82, 2.24) is 4.98 Å². The molecule has 0 radical (unpaired) electrons. The minimum atomic E-state index is -4.16. The van der Waals surface area contributed by atoms with Crippen LogP contribution in [0.4, 0.5) is 17.1 Å². The van der Waals surface area contributed by atoms with Gasteiger partial charge in [0.1, 0.15) is 5.75 Å². The second kappa shape index (κ2) is 8.80. The van der Waals surface area contributed by atoms with Gasteiger partial charge in [-0.25, -0.2) is 12.7 Å². The minimum Gasteiger partial charge on any atom is -0.497 e. The summed E-state index contributed by atoms with van der Waals surface area (Å²) in [5, 5.41) is 11.6. The van der Waals surface area contributed by atoms with Crippen molar-refractivity contribution in [2.75, 3.05) is 11.4 Å². The number of anilines is 2. The Hall–Kier alpha value is -3.50. The summed E-state index contributed by atoms with van der Waals surface area (Å²) >= 11 is 3.38. The number of aromatic nitrogens is 1. The zero-order valence-corrected chi connectivity index (χ0v) is 20.0. The van der Waals surface area contributed by atoms with Crippen molar-refractivity contribution in [3.05, 3.63) is 93.1 Å². The van der Waals surface area contributed by atoms with Gasteiger partial charge in [-0.05, 0) is 67.6 Å². The number of halogens is 1. The first-order chi connectivity index (χ1) is 15.7. The van der Waals surface area contributed by atoms with E-state index in [0.717, 1.165) is 4.47 Å². The molecule has 10 heteroatoms. The molecule has 0 unspecified atom stereocenters. The van der Waals surface area contributed by atoms with Crippen LogP contribution in [-0.2, 0) is 10.0 Å². The number of sulfonamides is 1. The highest BCUT2D eigenvalue weighted by atomic mass is 79.9. The van der Waals surface area contributed by atoms with Crippen molar-refractivity contribution in [2.24, 2.45) is 0 Å². The second-order valence-corrected chi connectivity index (χ2v) is 9.87. The fraction of sp³-hybridized carbons (Fsp3) is 0.0870. The molecule has 0 saturated heterocycles. The molecule has 0 amide bonds. The summed E-state index contributed by atoms with van der Waals surface area (Å²) < 4.78 is 35.2. The molecular formula is C23H18BrN3O5S. The number of ether oxygens (including phenoxy) is 1. The maximum absolute atomic E-state index is 13.9. The summed E-state index contributed by atoms with van der Waals surface area (Å²) in [6.45, 7) is 1.78. The van der Waals surface area contributed by atoms with E-state index in [9.17, 15) is 18.5 Å². The predicted molar refractivity (Wildman–Crippen MR) is 130 cm³/mol. The fourth-order valence-electron chi connectivity index (χ4n) is 3.44. The lowest BCUT2D eigenvalue weighted by molar-refractivity contribution is -0.384. The number of hydrogen-bond donors (Lipinski definition) is 0. The lowest BCUT2D eigenvalue weighted by Crippen LogP contribution is -2.26. The Morgan fingerprint density at radius 2 is 1.67 bits per heavy atom. The van der Waals surface area contributed by atoms with Crippen LogP contribution in [0.5, 0.6) is 5.75 Å². The third-order valence-corrected chi connectivity index (χ3v) is 7.27.